The SMILES string of the molecule is CCCNC(CCC)C(CC)Oc1cc(F)ccc1C. The molecule has 0 radical (unpaired) electrons. The zero-order chi connectivity index (χ0) is 15.0. The van der Waals surface area contributed by atoms with E-state index in [4.69, 9.17) is 4.74 Å². The van der Waals surface area contributed by atoms with Crippen LogP contribution in [-0.2, 0) is 0 Å². The van der Waals surface area contributed by atoms with Crippen LogP contribution in [0, 0.1) is 12.7 Å². The van der Waals surface area contributed by atoms with Gasteiger partial charge >= 0.3 is 0 Å². The van der Waals surface area contributed by atoms with Crippen LogP contribution < -0.4 is 10.1 Å². The van der Waals surface area contributed by atoms with Crippen LogP contribution >= 0.6 is 0 Å². The maximum absolute atomic E-state index is 13.4. The minimum atomic E-state index is -0.242. The Kier molecular flexibility index (Phi) is 7.60. The number of nitrogens with one attached hydrogen (secondary N) is 1. The minimum Gasteiger partial charge on any atom is -0.488 e. The average molecular weight is 281 g/mol. The molecule has 0 saturated heterocycles. The third-order valence-electron chi connectivity index (χ3n) is 3.54. The van der Waals surface area contributed by atoms with Crippen molar-refractivity contribution in [2.75, 3.05) is 6.54 Å². The largest absolute Gasteiger partial charge is 0.488 e. The summed E-state index contributed by atoms with van der Waals surface area (Å²) in [6.45, 7) is 9.41. The molecule has 114 valence electrons. The second-order valence-corrected chi connectivity index (χ2v) is 5.32. The van der Waals surface area contributed by atoms with Crippen molar-refractivity contribution < 1.29 is 9.13 Å². The van der Waals surface area contributed by atoms with Crippen LogP contribution in [0.25, 0.3) is 0 Å². The Morgan fingerprint density at radius 1 is 1.20 bits per heavy atom. The zero-order valence-corrected chi connectivity index (χ0v) is 13.2. The molecule has 2 unspecified atom stereocenters. The van der Waals surface area contributed by atoms with E-state index in [2.05, 4.69) is 26.1 Å². The summed E-state index contributed by atoms with van der Waals surface area (Å²) in [4.78, 5) is 0. The summed E-state index contributed by atoms with van der Waals surface area (Å²) in [6, 6.07) is 5.06. The van der Waals surface area contributed by atoms with E-state index in [0.29, 0.717) is 11.8 Å². The van der Waals surface area contributed by atoms with Gasteiger partial charge in [0.15, 0.2) is 0 Å². The van der Waals surface area contributed by atoms with E-state index >= 15 is 0 Å². The quantitative estimate of drug-likeness (QED) is 0.721. The highest BCUT2D eigenvalue weighted by atomic mass is 19.1. The second-order valence-electron chi connectivity index (χ2n) is 5.32. The summed E-state index contributed by atoms with van der Waals surface area (Å²) in [6.07, 6.45) is 4.30. The highest BCUT2D eigenvalue weighted by molar-refractivity contribution is 5.32. The fourth-order valence-electron chi connectivity index (χ4n) is 2.37. The highest BCUT2D eigenvalue weighted by Gasteiger charge is 2.21. The molecule has 0 spiro atoms. The molecule has 0 aromatic heterocycles. The molecular formula is C17H28FNO. The molecule has 3 heteroatoms. The van der Waals surface area contributed by atoms with Gasteiger partial charge in [-0.15, -0.1) is 0 Å². The predicted octanol–water partition coefficient (Wildman–Crippen LogP) is 4.46. The summed E-state index contributed by atoms with van der Waals surface area (Å²) in [7, 11) is 0. The molecule has 1 aromatic carbocycles. The van der Waals surface area contributed by atoms with E-state index in [1.165, 1.54) is 12.1 Å². The monoisotopic (exact) mass is 281 g/mol. The number of aryl methyl sites for hydroxylation is 1. The Morgan fingerprint density at radius 3 is 2.55 bits per heavy atom. The summed E-state index contributed by atoms with van der Waals surface area (Å²) in [5.41, 5.74) is 0.982. The van der Waals surface area contributed by atoms with Gasteiger partial charge in [0.05, 0.1) is 0 Å². The van der Waals surface area contributed by atoms with Crippen molar-refractivity contribution in [3.63, 3.8) is 0 Å². The normalized spacial score (nSPS) is 14.1. The first-order valence-corrected chi connectivity index (χ1v) is 7.78. The van der Waals surface area contributed by atoms with E-state index in [0.717, 1.165) is 37.8 Å². The first kappa shape index (κ1) is 17.0. The Bertz CT molecular complexity index is 395. The molecular weight excluding hydrogens is 253 g/mol. The maximum atomic E-state index is 13.4. The molecule has 0 aliphatic heterocycles. The Morgan fingerprint density at radius 2 is 1.95 bits per heavy atom. The maximum Gasteiger partial charge on any atom is 0.126 e. The third-order valence-corrected chi connectivity index (χ3v) is 3.54. The number of rotatable bonds is 9. The topological polar surface area (TPSA) is 21.3 Å². The molecule has 1 aromatic rings. The number of ether oxygens (including phenoxy) is 1. The summed E-state index contributed by atoms with van der Waals surface area (Å²) in [5.74, 6) is 0.422. The number of halogens is 1. The van der Waals surface area contributed by atoms with Gasteiger partial charge in [0.1, 0.15) is 17.7 Å². The van der Waals surface area contributed by atoms with Crippen LogP contribution in [0.1, 0.15) is 52.0 Å². The fourth-order valence-corrected chi connectivity index (χ4v) is 2.37. The van der Waals surface area contributed by atoms with Crippen molar-refractivity contribution in [2.45, 2.75) is 65.5 Å². The molecule has 0 bridgehead atoms. The fraction of sp³-hybridized carbons (Fsp3) is 0.647. The van der Waals surface area contributed by atoms with Gasteiger partial charge in [-0.05, 0) is 44.4 Å². The first-order chi connectivity index (χ1) is 9.62. The molecule has 0 fully saturated rings. The van der Waals surface area contributed by atoms with Gasteiger partial charge in [-0.25, -0.2) is 4.39 Å². The van der Waals surface area contributed by atoms with Crippen LogP contribution in [0.3, 0.4) is 0 Å². The van der Waals surface area contributed by atoms with Gasteiger partial charge in [0.2, 0.25) is 0 Å². The van der Waals surface area contributed by atoms with Crippen LogP contribution in [0.15, 0.2) is 18.2 Å². The van der Waals surface area contributed by atoms with Crippen molar-refractivity contribution in [1.29, 1.82) is 0 Å². The Balaban J connectivity index is 2.79. The van der Waals surface area contributed by atoms with Gasteiger partial charge in [-0.2, -0.15) is 0 Å². The smallest absolute Gasteiger partial charge is 0.126 e. The minimum absolute atomic E-state index is 0.0852. The number of hydrogen-bond acceptors (Lipinski definition) is 2. The number of hydrogen-bond donors (Lipinski definition) is 1. The van der Waals surface area contributed by atoms with Gasteiger partial charge in [-0.1, -0.05) is 33.3 Å². The van der Waals surface area contributed by atoms with Crippen LogP contribution in [-0.4, -0.2) is 18.7 Å². The lowest BCUT2D eigenvalue weighted by Gasteiger charge is -2.28. The lowest BCUT2D eigenvalue weighted by Crippen LogP contribution is -2.43. The van der Waals surface area contributed by atoms with Crippen molar-refractivity contribution in [3.05, 3.63) is 29.6 Å². The molecule has 2 nitrogen and oxygen atoms in total. The molecule has 0 heterocycles. The van der Waals surface area contributed by atoms with E-state index in [1.54, 1.807) is 6.07 Å². The molecule has 0 aliphatic rings. The highest BCUT2D eigenvalue weighted by Crippen LogP contribution is 2.22. The second kappa shape index (κ2) is 8.96. The molecule has 2 atom stereocenters. The molecule has 1 N–H and O–H groups in total. The van der Waals surface area contributed by atoms with Crippen LogP contribution in [0.5, 0.6) is 5.75 Å². The molecule has 0 saturated carbocycles. The lowest BCUT2D eigenvalue weighted by atomic mass is 10.0. The van der Waals surface area contributed by atoms with Gasteiger partial charge in [-0.3, -0.25) is 0 Å². The summed E-state index contributed by atoms with van der Waals surface area (Å²) >= 11 is 0. The van der Waals surface area contributed by atoms with Crippen molar-refractivity contribution >= 4 is 0 Å². The van der Waals surface area contributed by atoms with E-state index in [9.17, 15) is 4.39 Å². The zero-order valence-electron chi connectivity index (χ0n) is 13.2. The van der Waals surface area contributed by atoms with Crippen molar-refractivity contribution in [2.24, 2.45) is 0 Å². The average Bonchev–Trinajstić information content (AvgIpc) is 2.44. The lowest BCUT2D eigenvalue weighted by molar-refractivity contribution is 0.141. The summed E-state index contributed by atoms with van der Waals surface area (Å²) < 4.78 is 19.4. The Hall–Kier alpha value is -1.09. The van der Waals surface area contributed by atoms with Crippen LogP contribution in [0.2, 0.25) is 0 Å². The number of benzene rings is 1. The van der Waals surface area contributed by atoms with E-state index in [1.807, 2.05) is 6.92 Å². The standard InChI is InChI=1S/C17H28FNO/c1-5-8-15(19-11-6-2)16(7-3)20-17-12-14(18)10-9-13(17)4/h9-10,12,15-16,19H,5-8,11H2,1-4H3. The van der Waals surface area contributed by atoms with Gasteiger partial charge in [0, 0.05) is 12.1 Å². The van der Waals surface area contributed by atoms with E-state index < -0.39 is 0 Å². The summed E-state index contributed by atoms with van der Waals surface area (Å²) in [5, 5.41) is 3.56. The van der Waals surface area contributed by atoms with Gasteiger partial charge in [0.25, 0.3) is 0 Å². The molecule has 20 heavy (non-hydrogen) atoms. The predicted molar refractivity (Wildman–Crippen MR) is 82.8 cm³/mol. The van der Waals surface area contributed by atoms with Crippen LogP contribution in [0.4, 0.5) is 4.39 Å². The Labute approximate surface area is 122 Å². The third kappa shape index (κ3) is 5.12. The molecule has 0 amide bonds. The van der Waals surface area contributed by atoms with Crippen molar-refractivity contribution in [1.82, 2.24) is 5.32 Å². The molecule has 1 rings (SSSR count). The molecule has 0 aliphatic carbocycles. The first-order valence-electron chi connectivity index (χ1n) is 7.78. The van der Waals surface area contributed by atoms with E-state index in [-0.39, 0.29) is 11.9 Å². The van der Waals surface area contributed by atoms with Crippen molar-refractivity contribution in [3.8, 4) is 5.75 Å². The van der Waals surface area contributed by atoms with Gasteiger partial charge < -0.3 is 10.1 Å².